The summed E-state index contributed by atoms with van der Waals surface area (Å²) in [5.41, 5.74) is 4.48. The summed E-state index contributed by atoms with van der Waals surface area (Å²) < 4.78 is 10.6. The van der Waals surface area contributed by atoms with Gasteiger partial charge < -0.3 is 14.5 Å². The molecule has 0 unspecified atom stereocenters. The van der Waals surface area contributed by atoms with Crippen LogP contribution in [0.4, 0.5) is 0 Å². The highest BCUT2D eigenvalue weighted by atomic mass is 16.5. The number of aryl methyl sites for hydroxylation is 1. The first-order valence-corrected chi connectivity index (χ1v) is 6.53. The van der Waals surface area contributed by atoms with Gasteiger partial charge in [-0.1, -0.05) is 0 Å². The van der Waals surface area contributed by atoms with E-state index in [1.807, 2.05) is 31.2 Å². The van der Waals surface area contributed by atoms with Crippen LogP contribution in [0.15, 0.2) is 42.5 Å². The lowest BCUT2D eigenvalue weighted by atomic mass is 10.1. The van der Waals surface area contributed by atoms with Crippen LogP contribution in [0.3, 0.4) is 0 Å². The number of fused-ring (bicyclic) bond motifs is 1. The maximum absolute atomic E-state index is 5.30. The molecule has 1 N–H and O–H groups in total. The van der Waals surface area contributed by atoms with Gasteiger partial charge in [0.05, 0.1) is 14.2 Å². The van der Waals surface area contributed by atoms with Gasteiger partial charge in [0.1, 0.15) is 11.5 Å². The standard InChI is InChI=1S/C17H17NO2/c1-11-8-12(4-7-17(11)20-3)16-10-13-9-14(19-2)5-6-15(13)18-16/h4-10,18H,1-3H3. The molecule has 0 saturated carbocycles. The molecular formula is C17H17NO2. The van der Waals surface area contributed by atoms with E-state index >= 15 is 0 Å². The van der Waals surface area contributed by atoms with Crippen molar-refractivity contribution in [1.82, 2.24) is 4.98 Å². The van der Waals surface area contributed by atoms with E-state index in [0.29, 0.717) is 0 Å². The average Bonchev–Trinajstić information content (AvgIpc) is 2.89. The normalized spacial score (nSPS) is 10.8. The van der Waals surface area contributed by atoms with Crippen molar-refractivity contribution in [2.75, 3.05) is 14.2 Å². The fourth-order valence-electron chi connectivity index (χ4n) is 2.44. The quantitative estimate of drug-likeness (QED) is 0.773. The molecule has 20 heavy (non-hydrogen) atoms. The van der Waals surface area contributed by atoms with Gasteiger partial charge in [-0.05, 0) is 60.5 Å². The zero-order valence-corrected chi connectivity index (χ0v) is 11.9. The van der Waals surface area contributed by atoms with Crippen molar-refractivity contribution in [3.8, 4) is 22.8 Å². The number of H-pyrrole nitrogens is 1. The Labute approximate surface area is 118 Å². The van der Waals surface area contributed by atoms with Crippen molar-refractivity contribution >= 4 is 10.9 Å². The highest BCUT2D eigenvalue weighted by Crippen LogP contribution is 2.29. The Balaban J connectivity index is 2.07. The Morgan fingerprint density at radius 3 is 2.45 bits per heavy atom. The number of hydrogen-bond donors (Lipinski definition) is 1. The number of methoxy groups -OCH3 is 2. The molecule has 3 heteroatoms. The van der Waals surface area contributed by atoms with E-state index in [9.17, 15) is 0 Å². The lowest BCUT2D eigenvalue weighted by Crippen LogP contribution is -1.87. The van der Waals surface area contributed by atoms with Gasteiger partial charge in [0.25, 0.3) is 0 Å². The minimum absolute atomic E-state index is 0.869. The molecule has 0 fully saturated rings. The first-order chi connectivity index (χ1) is 9.71. The molecule has 1 aromatic heterocycles. The molecule has 1 heterocycles. The first kappa shape index (κ1) is 12.6. The predicted octanol–water partition coefficient (Wildman–Crippen LogP) is 4.16. The summed E-state index contributed by atoms with van der Waals surface area (Å²) in [7, 11) is 3.37. The SMILES string of the molecule is COc1ccc2[nH]c(-c3ccc(OC)c(C)c3)cc2c1. The van der Waals surface area contributed by atoms with Crippen molar-refractivity contribution in [3.05, 3.63) is 48.0 Å². The molecular weight excluding hydrogens is 250 g/mol. The Bertz CT molecular complexity index is 759. The van der Waals surface area contributed by atoms with Gasteiger partial charge in [0.15, 0.2) is 0 Å². The van der Waals surface area contributed by atoms with Crippen molar-refractivity contribution in [2.24, 2.45) is 0 Å². The highest BCUT2D eigenvalue weighted by molar-refractivity contribution is 5.87. The van der Waals surface area contributed by atoms with Gasteiger partial charge in [0.2, 0.25) is 0 Å². The number of nitrogens with one attached hydrogen (secondary N) is 1. The zero-order valence-electron chi connectivity index (χ0n) is 11.9. The lowest BCUT2D eigenvalue weighted by Gasteiger charge is -2.06. The molecule has 0 spiro atoms. The van der Waals surface area contributed by atoms with E-state index in [1.54, 1.807) is 14.2 Å². The van der Waals surface area contributed by atoms with E-state index < -0.39 is 0 Å². The maximum Gasteiger partial charge on any atom is 0.121 e. The van der Waals surface area contributed by atoms with Gasteiger partial charge in [-0.2, -0.15) is 0 Å². The summed E-state index contributed by atoms with van der Waals surface area (Å²) in [5.74, 6) is 1.78. The number of aromatic amines is 1. The topological polar surface area (TPSA) is 34.2 Å². The largest absolute Gasteiger partial charge is 0.497 e. The van der Waals surface area contributed by atoms with E-state index in [0.717, 1.165) is 39.2 Å². The van der Waals surface area contributed by atoms with E-state index in [-0.39, 0.29) is 0 Å². The fraction of sp³-hybridized carbons (Fsp3) is 0.176. The van der Waals surface area contributed by atoms with Crippen LogP contribution in [0, 0.1) is 6.92 Å². The first-order valence-electron chi connectivity index (χ1n) is 6.53. The molecule has 0 atom stereocenters. The second-order valence-corrected chi connectivity index (χ2v) is 4.82. The van der Waals surface area contributed by atoms with Crippen LogP contribution in [0.2, 0.25) is 0 Å². The molecule has 3 rings (SSSR count). The minimum Gasteiger partial charge on any atom is -0.497 e. The van der Waals surface area contributed by atoms with E-state index in [1.165, 1.54) is 0 Å². The molecule has 2 aromatic carbocycles. The van der Waals surface area contributed by atoms with Crippen molar-refractivity contribution in [3.63, 3.8) is 0 Å². The van der Waals surface area contributed by atoms with Crippen LogP contribution in [0.25, 0.3) is 22.2 Å². The van der Waals surface area contributed by atoms with Crippen LogP contribution < -0.4 is 9.47 Å². The summed E-state index contributed by atoms with van der Waals surface area (Å²) in [5, 5.41) is 1.15. The third-order valence-electron chi connectivity index (χ3n) is 3.53. The number of aromatic nitrogens is 1. The maximum atomic E-state index is 5.30. The molecule has 0 radical (unpaired) electrons. The van der Waals surface area contributed by atoms with Gasteiger partial charge >= 0.3 is 0 Å². The summed E-state index contributed by atoms with van der Waals surface area (Å²) in [6, 6.07) is 14.4. The zero-order chi connectivity index (χ0) is 14.1. The van der Waals surface area contributed by atoms with Gasteiger partial charge in [-0.15, -0.1) is 0 Å². The average molecular weight is 267 g/mol. The van der Waals surface area contributed by atoms with Crippen molar-refractivity contribution in [1.29, 1.82) is 0 Å². The molecule has 0 amide bonds. The lowest BCUT2D eigenvalue weighted by molar-refractivity contribution is 0.412. The number of benzene rings is 2. The number of ether oxygens (including phenoxy) is 2. The molecule has 0 aliphatic rings. The summed E-state index contributed by atoms with van der Waals surface area (Å²) in [4.78, 5) is 3.43. The van der Waals surface area contributed by atoms with Crippen LogP contribution in [-0.4, -0.2) is 19.2 Å². The van der Waals surface area contributed by atoms with Crippen LogP contribution in [0.1, 0.15) is 5.56 Å². The number of rotatable bonds is 3. The van der Waals surface area contributed by atoms with Gasteiger partial charge in [0, 0.05) is 16.6 Å². The monoisotopic (exact) mass is 267 g/mol. The molecule has 3 aromatic rings. The van der Waals surface area contributed by atoms with Crippen LogP contribution in [0.5, 0.6) is 11.5 Å². The fourth-order valence-corrected chi connectivity index (χ4v) is 2.44. The molecule has 102 valence electrons. The Kier molecular flexibility index (Phi) is 3.11. The molecule has 0 bridgehead atoms. The van der Waals surface area contributed by atoms with Gasteiger partial charge in [-0.3, -0.25) is 0 Å². The third-order valence-corrected chi connectivity index (χ3v) is 3.53. The van der Waals surface area contributed by atoms with Crippen LogP contribution in [-0.2, 0) is 0 Å². The van der Waals surface area contributed by atoms with E-state index in [4.69, 9.17) is 9.47 Å². The predicted molar refractivity (Wildman–Crippen MR) is 81.6 cm³/mol. The Morgan fingerprint density at radius 1 is 0.900 bits per heavy atom. The minimum atomic E-state index is 0.869. The highest BCUT2D eigenvalue weighted by Gasteiger charge is 2.06. The number of hydrogen-bond acceptors (Lipinski definition) is 2. The third kappa shape index (κ3) is 2.11. The molecule has 0 aliphatic heterocycles. The summed E-state index contributed by atoms with van der Waals surface area (Å²) in [6.45, 7) is 2.05. The van der Waals surface area contributed by atoms with Crippen LogP contribution >= 0.6 is 0 Å². The van der Waals surface area contributed by atoms with E-state index in [2.05, 4.69) is 23.2 Å². The second-order valence-electron chi connectivity index (χ2n) is 4.82. The molecule has 3 nitrogen and oxygen atoms in total. The smallest absolute Gasteiger partial charge is 0.121 e. The van der Waals surface area contributed by atoms with Crippen molar-refractivity contribution in [2.45, 2.75) is 6.92 Å². The molecule has 0 saturated heterocycles. The molecule has 0 aliphatic carbocycles. The van der Waals surface area contributed by atoms with Crippen molar-refractivity contribution < 1.29 is 9.47 Å². The van der Waals surface area contributed by atoms with Gasteiger partial charge in [-0.25, -0.2) is 0 Å². The summed E-state index contributed by atoms with van der Waals surface area (Å²) >= 11 is 0. The Morgan fingerprint density at radius 2 is 1.75 bits per heavy atom. The Hall–Kier alpha value is -2.42. The second kappa shape index (κ2) is 4.93. The summed E-state index contributed by atoms with van der Waals surface area (Å²) in [6.07, 6.45) is 0.